The molecule has 0 aromatic heterocycles. The van der Waals surface area contributed by atoms with Crippen LogP contribution in [0.25, 0.3) is 11.1 Å². The Balaban J connectivity index is 1.62. The maximum atomic E-state index is 11.9. The first-order valence-electron chi connectivity index (χ1n) is 7.57. The van der Waals surface area contributed by atoms with Crippen molar-refractivity contribution in [3.05, 3.63) is 90.0 Å². The molecular formula is C20H17N3O. The first-order valence-corrected chi connectivity index (χ1v) is 7.57. The van der Waals surface area contributed by atoms with Crippen LogP contribution in [0.4, 0.5) is 5.69 Å². The molecule has 0 saturated carbocycles. The molecule has 118 valence electrons. The topological polar surface area (TPSA) is 67.5 Å². The molecule has 1 amide bonds. The van der Waals surface area contributed by atoms with Gasteiger partial charge in [-0.3, -0.25) is 4.79 Å². The Kier molecular flexibility index (Phi) is 4.68. The number of hydrogen-bond acceptors (Lipinski definition) is 3. The zero-order valence-electron chi connectivity index (χ0n) is 13.0. The van der Waals surface area contributed by atoms with Gasteiger partial charge in [-0.25, -0.2) is 5.43 Å². The molecule has 3 N–H and O–H groups in total. The van der Waals surface area contributed by atoms with Crippen molar-refractivity contribution in [2.24, 2.45) is 5.10 Å². The minimum absolute atomic E-state index is 0.271. The molecule has 0 aliphatic carbocycles. The Labute approximate surface area is 140 Å². The Hall–Kier alpha value is -3.40. The highest BCUT2D eigenvalue weighted by Crippen LogP contribution is 2.18. The average molecular weight is 315 g/mol. The number of amides is 1. The monoisotopic (exact) mass is 315 g/mol. The van der Waals surface area contributed by atoms with Gasteiger partial charge >= 0.3 is 0 Å². The van der Waals surface area contributed by atoms with Crippen LogP contribution >= 0.6 is 0 Å². The zero-order valence-corrected chi connectivity index (χ0v) is 13.0. The van der Waals surface area contributed by atoms with E-state index in [1.54, 1.807) is 30.5 Å². The molecule has 3 aromatic rings. The van der Waals surface area contributed by atoms with Gasteiger partial charge in [0.1, 0.15) is 0 Å². The number of hydrazone groups is 1. The molecule has 3 rings (SSSR count). The van der Waals surface area contributed by atoms with Gasteiger partial charge in [0, 0.05) is 11.3 Å². The van der Waals surface area contributed by atoms with Crippen LogP contribution in [0.15, 0.2) is 84.0 Å². The number of benzene rings is 3. The number of anilines is 1. The van der Waals surface area contributed by atoms with Crippen molar-refractivity contribution in [2.45, 2.75) is 0 Å². The number of nitrogens with one attached hydrogen (secondary N) is 1. The Morgan fingerprint density at radius 2 is 1.46 bits per heavy atom. The van der Waals surface area contributed by atoms with Crippen LogP contribution in [0.1, 0.15) is 15.9 Å². The van der Waals surface area contributed by atoms with Crippen molar-refractivity contribution in [2.75, 3.05) is 5.73 Å². The van der Waals surface area contributed by atoms with Gasteiger partial charge in [-0.2, -0.15) is 5.10 Å². The van der Waals surface area contributed by atoms with Gasteiger partial charge in [-0.1, -0.05) is 54.6 Å². The minimum atomic E-state index is -0.271. The summed E-state index contributed by atoms with van der Waals surface area (Å²) >= 11 is 0. The Bertz CT molecular complexity index is 838. The number of carbonyl (C=O) groups is 1. The summed E-state index contributed by atoms with van der Waals surface area (Å²) in [6, 6.07) is 24.8. The minimum Gasteiger partial charge on any atom is -0.399 e. The summed E-state index contributed by atoms with van der Waals surface area (Å²) in [5.74, 6) is -0.271. The number of carbonyl (C=O) groups excluding carboxylic acids is 1. The number of nitrogens with zero attached hydrogens (tertiary/aromatic N) is 1. The molecular weight excluding hydrogens is 298 g/mol. The first kappa shape index (κ1) is 15.5. The number of nitrogens with two attached hydrogens (primary N) is 1. The lowest BCUT2D eigenvalue weighted by molar-refractivity contribution is 0.0955. The largest absolute Gasteiger partial charge is 0.399 e. The van der Waals surface area contributed by atoms with Crippen LogP contribution in [0.3, 0.4) is 0 Å². The van der Waals surface area contributed by atoms with Crippen molar-refractivity contribution >= 4 is 17.8 Å². The van der Waals surface area contributed by atoms with E-state index in [0.29, 0.717) is 11.3 Å². The van der Waals surface area contributed by atoms with E-state index in [4.69, 9.17) is 5.73 Å². The highest BCUT2D eigenvalue weighted by molar-refractivity contribution is 5.95. The van der Waals surface area contributed by atoms with E-state index in [1.807, 2.05) is 42.5 Å². The van der Waals surface area contributed by atoms with Crippen molar-refractivity contribution in [1.29, 1.82) is 0 Å². The maximum absolute atomic E-state index is 11.9. The lowest BCUT2D eigenvalue weighted by Crippen LogP contribution is -2.17. The molecule has 0 atom stereocenters. The average Bonchev–Trinajstić information content (AvgIpc) is 2.63. The van der Waals surface area contributed by atoms with E-state index < -0.39 is 0 Å². The molecule has 24 heavy (non-hydrogen) atoms. The lowest BCUT2D eigenvalue weighted by atomic mass is 10.0. The SMILES string of the molecule is Nc1ccc(C(=O)N/N=C/c2ccc(-c3ccccc3)cc2)cc1. The fourth-order valence-electron chi connectivity index (χ4n) is 2.26. The molecule has 0 aliphatic heterocycles. The normalized spacial score (nSPS) is 10.7. The van der Waals surface area contributed by atoms with Gasteiger partial charge in [-0.15, -0.1) is 0 Å². The summed E-state index contributed by atoms with van der Waals surface area (Å²) in [4.78, 5) is 11.9. The summed E-state index contributed by atoms with van der Waals surface area (Å²) in [6.45, 7) is 0. The molecule has 0 spiro atoms. The molecule has 4 nitrogen and oxygen atoms in total. The second-order valence-corrected chi connectivity index (χ2v) is 5.31. The predicted molar refractivity (Wildman–Crippen MR) is 97.8 cm³/mol. The molecule has 3 aromatic carbocycles. The predicted octanol–water partition coefficient (Wildman–Crippen LogP) is 3.70. The summed E-state index contributed by atoms with van der Waals surface area (Å²) in [5, 5.41) is 3.99. The summed E-state index contributed by atoms with van der Waals surface area (Å²) in [7, 11) is 0. The molecule has 0 radical (unpaired) electrons. The van der Waals surface area contributed by atoms with E-state index in [1.165, 1.54) is 0 Å². The highest BCUT2D eigenvalue weighted by Gasteiger charge is 2.02. The third-order valence-corrected chi connectivity index (χ3v) is 3.57. The highest BCUT2D eigenvalue weighted by atomic mass is 16.2. The molecule has 0 heterocycles. The van der Waals surface area contributed by atoms with Crippen LogP contribution in [0, 0.1) is 0 Å². The van der Waals surface area contributed by atoms with E-state index in [0.717, 1.165) is 16.7 Å². The Morgan fingerprint density at radius 3 is 2.12 bits per heavy atom. The lowest BCUT2D eigenvalue weighted by Gasteiger charge is -2.02. The summed E-state index contributed by atoms with van der Waals surface area (Å²) in [6.07, 6.45) is 1.62. The molecule has 0 fully saturated rings. The van der Waals surface area contributed by atoms with Gasteiger partial charge in [0.2, 0.25) is 0 Å². The van der Waals surface area contributed by atoms with Crippen LogP contribution in [0.5, 0.6) is 0 Å². The fourth-order valence-corrected chi connectivity index (χ4v) is 2.26. The van der Waals surface area contributed by atoms with Gasteiger partial charge in [0.15, 0.2) is 0 Å². The standard InChI is InChI=1S/C20H17N3O/c21-19-12-10-18(11-13-19)20(24)23-22-14-15-6-8-17(9-7-15)16-4-2-1-3-5-16/h1-14H,21H2,(H,23,24)/b22-14+. The second kappa shape index (κ2) is 7.24. The van der Waals surface area contributed by atoms with Gasteiger partial charge in [0.25, 0.3) is 5.91 Å². The third-order valence-electron chi connectivity index (χ3n) is 3.57. The molecule has 0 saturated heterocycles. The van der Waals surface area contributed by atoms with E-state index in [2.05, 4.69) is 22.7 Å². The number of nitrogen functional groups attached to an aromatic ring is 1. The van der Waals surface area contributed by atoms with E-state index in [-0.39, 0.29) is 5.91 Å². The van der Waals surface area contributed by atoms with Crippen LogP contribution in [-0.2, 0) is 0 Å². The molecule has 4 heteroatoms. The van der Waals surface area contributed by atoms with E-state index in [9.17, 15) is 4.79 Å². The van der Waals surface area contributed by atoms with Crippen molar-refractivity contribution in [3.63, 3.8) is 0 Å². The van der Waals surface area contributed by atoms with Crippen molar-refractivity contribution in [1.82, 2.24) is 5.43 Å². The first-order chi connectivity index (χ1) is 11.7. The van der Waals surface area contributed by atoms with Gasteiger partial charge in [-0.05, 0) is 41.0 Å². The second-order valence-electron chi connectivity index (χ2n) is 5.31. The van der Waals surface area contributed by atoms with Crippen molar-refractivity contribution < 1.29 is 4.79 Å². The Morgan fingerprint density at radius 1 is 0.833 bits per heavy atom. The smallest absolute Gasteiger partial charge is 0.271 e. The summed E-state index contributed by atoms with van der Waals surface area (Å²) in [5.41, 5.74) is 12.4. The quantitative estimate of drug-likeness (QED) is 0.438. The summed E-state index contributed by atoms with van der Waals surface area (Å²) < 4.78 is 0. The van der Waals surface area contributed by atoms with Crippen LogP contribution < -0.4 is 11.2 Å². The molecule has 0 aliphatic rings. The maximum Gasteiger partial charge on any atom is 0.271 e. The van der Waals surface area contributed by atoms with Gasteiger partial charge in [0.05, 0.1) is 6.21 Å². The van der Waals surface area contributed by atoms with Crippen LogP contribution in [-0.4, -0.2) is 12.1 Å². The number of rotatable bonds is 4. The van der Waals surface area contributed by atoms with E-state index >= 15 is 0 Å². The fraction of sp³-hybridized carbons (Fsp3) is 0. The molecule has 0 bridgehead atoms. The molecule has 0 unspecified atom stereocenters. The van der Waals surface area contributed by atoms with Crippen molar-refractivity contribution in [3.8, 4) is 11.1 Å². The zero-order chi connectivity index (χ0) is 16.8. The third kappa shape index (κ3) is 3.87. The van der Waals surface area contributed by atoms with Crippen LogP contribution in [0.2, 0.25) is 0 Å². The number of hydrogen-bond donors (Lipinski definition) is 2. The van der Waals surface area contributed by atoms with Gasteiger partial charge < -0.3 is 5.73 Å².